The topological polar surface area (TPSA) is 84.9 Å². The van der Waals surface area contributed by atoms with Crippen LogP contribution in [0.5, 0.6) is 11.5 Å². The quantitative estimate of drug-likeness (QED) is 0.535. The minimum atomic E-state index is -4.11. The van der Waals surface area contributed by atoms with E-state index < -0.39 is 22.5 Å². The first-order chi connectivity index (χ1) is 15.3. The summed E-state index contributed by atoms with van der Waals surface area (Å²) >= 11 is 0. The van der Waals surface area contributed by atoms with E-state index in [1.165, 1.54) is 20.3 Å². The van der Waals surface area contributed by atoms with Crippen molar-refractivity contribution in [3.8, 4) is 11.5 Å². The van der Waals surface area contributed by atoms with E-state index in [1.54, 1.807) is 43.3 Å². The zero-order valence-electron chi connectivity index (χ0n) is 18.2. The molecular weight excluding hydrogens is 428 g/mol. The molecule has 1 amide bonds. The van der Waals surface area contributed by atoms with E-state index in [1.807, 2.05) is 30.3 Å². The van der Waals surface area contributed by atoms with Crippen LogP contribution >= 0.6 is 0 Å². The summed E-state index contributed by atoms with van der Waals surface area (Å²) in [5.74, 6) is 0.353. The van der Waals surface area contributed by atoms with E-state index in [0.717, 1.165) is 15.4 Å². The molecule has 168 valence electrons. The average molecular weight is 455 g/mol. The Balaban J connectivity index is 1.95. The number of aryl methyl sites for hydroxylation is 1. The Morgan fingerprint density at radius 1 is 0.938 bits per heavy atom. The summed E-state index contributed by atoms with van der Waals surface area (Å²) in [5, 5.41) is 2.78. The normalized spacial score (nSPS) is 11.0. The van der Waals surface area contributed by atoms with E-state index in [2.05, 4.69) is 5.32 Å². The Kier molecular flexibility index (Phi) is 7.37. The monoisotopic (exact) mass is 454 g/mol. The standard InChI is InChI=1S/C24H26N2O5S/c1-18-9-14-22(31-3)23(15-18)32(28,29)26(20-10-12-21(30-2)13-11-20)17-24(27)25-16-19-7-5-4-6-8-19/h4-15H,16-17H2,1-3H3,(H,25,27). The number of sulfonamides is 1. The molecule has 3 rings (SSSR count). The number of hydrogen-bond donors (Lipinski definition) is 1. The van der Waals surface area contributed by atoms with Crippen LogP contribution in [0.3, 0.4) is 0 Å². The maximum absolute atomic E-state index is 13.7. The highest BCUT2D eigenvalue weighted by atomic mass is 32.2. The first kappa shape index (κ1) is 23.1. The highest BCUT2D eigenvalue weighted by Gasteiger charge is 2.30. The third-order valence-electron chi connectivity index (χ3n) is 4.87. The molecule has 0 aliphatic carbocycles. The molecule has 0 fully saturated rings. The fraction of sp³-hybridized carbons (Fsp3) is 0.208. The van der Waals surface area contributed by atoms with Crippen LogP contribution < -0.4 is 19.1 Å². The molecule has 1 N–H and O–H groups in total. The number of carbonyl (C=O) groups is 1. The van der Waals surface area contributed by atoms with Crippen LogP contribution in [0.25, 0.3) is 0 Å². The van der Waals surface area contributed by atoms with Gasteiger partial charge in [-0.05, 0) is 54.4 Å². The summed E-state index contributed by atoms with van der Waals surface area (Å²) in [6, 6.07) is 20.8. The molecule has 0 aromatic heterocycles. The molecule has 3 aromatic carbocycles. The fourth-order valence-corrected chi connectivity index (χ4v) is 4.81. The van der Waals surface area contributed by atoms with Crippen molar-refractivity contribution in [2.45, 2.75) is 18.4 Å². The van der Waals surface area contributed by atoms with Gasteiger partial charge in [-0.3, -0.25) is 9.10 Å². The fourth-order valence-electron chi connectivity index (χ4n) is 3.15. The van der Waals surface area contributed by atoms with Crippen molar-refractivity contribution in [1.82, 2.24) is 5.32 Å². The average Bonchev–Trinajstić information content (AvgIpc) is 2.82. The lowest BCUT2D eigenvalue weighted by Crippen LogP contribution is -2.40. The van der Waals surface area contributed by atoms with E-state index in [-0.39, 0.29) is 10.6 Å². The molecule has 3 aromatic rings. The van der Waals surface area contributed by atoms with Gasteiger partial charge in [0.15, 0.2) is 0 Å². The molecular formula is C24H26N2O5S. The minimum absolute atomic E-state index is 0.00771. The van der Waals surface area contributed by atoms with Gasteiger partial charge in [0.25, 0.3) is 10.0 Å². The molecule has 0 unspecified atom stereocenters. The maximum atomic E-state index is 13.7. The van der Waals surface area contributed by atoms with Gasteiger partial charge in [-0.25, -0.2) is 8.42 Å². The maximum Gasteiger partial charge on any atom is 0.268 e. The van der Waals surface area contributed by atoms with E-state index in [4.69, 9.17) is 9.47 Å². The second-order valence-corrected chi connectivity index (χ2v) is 8.96. The van der Waals surface area contributed by atoms with Crippen LogP contribution in [0.1, 0.15) is 11.1 Å². The minimum Gasteiger partial charge on any atom is -0.497 e. The SMILES string of the molecule is COc1ccc(N(CC(=O)NCc2ccccc2)S(=O)(=O)c2cc(C)ccc2OC)cc1. The van der Waals surface area contributed by atoms with Gasteiger partial charge in [0.1, 0.15) is 22.9 Å². The Morgan fingerprint density at radius 2 is 1.62 bits per heavy atom. The number of benzene rings is 3. The number of anilines is 1. The van der Waals surface area contributed by atoms with Crippen molar-refractivity contribution in [3.63, 3.8) is 0 Å². The molecule has 0 bridgehead atoms. The van der Waals surface area contributed by atoms with E-state index in [9.17, 15) is 13.2 Å². The third kappa shape index (κ3) is 5.39. The van der Waals surface area contributed by atoms with Crippen LogP contribution in [0.2, 0.25) is 0 Å². The third-order valence-corrected chi connectivity index (χ3v) is 6.66. The molecule has 0 aliphatic rings. The summed E-state index contributed by atoms with van der Waals surface area (Å²) < 4.78 is 38.9. The number of hydrogen-bond acceptors (Lipinski definition) is 5. The van der Waals surface area contributed by atoms with E-state index >= 15 is 0 Å². The lowest BCUT2D eigenvalue weighted by molar-refractivity contribution is -0.119. The molecule has 32 heavy (non-hydrogen) atoms. The largest absolute Gasteiger partial charge is 0.497 e. The van der Waals surface area contributed by atoms with Crippen LogP contribution in [0.4, 0.5) is 5.69 Å². The summed E-state index contributed by atoms with van der Waals surface area (Å²) in [6.45, 7) is 1.70. The number of amides is 1. The molecule has 0 heterocycles. The first-order valence-electron chi connectivity index (χ1n) is 9.97. The lowest BCUT2D eigenvalue weighted by Gasteiger charge is -2.25. The van der Waals surface area contributed by atoms with Crippen molar-refractivity contribution in [2.24, 2.45) is 0 Å². The Bertz CT molecular complexity index is 1160. The van der Waals surface area contributed by atoms with Crippen molar-refractivity contribution < 1.29 is 22.7 Å². The molecule has 0 saturated heterocycles. The number of nitrogens with zero attached hydrogens (tertiary/aromatic N) is 1. The number of methoxy groups -OCH3 is 2. The van der Waals surface area contributed by atoms with Gasteiger partial charge < -0.3 is 14.8 Å². The molecule has 0 radical (unpaired) electrons. The van der Waals surface area contributed by atoms with Gasteiger partial charge in [0.2, 0.25) is 5.91 Å². The van der Waals surface area contributed by atoms with Crippen LogP contribution in [-0.4, -0.2) is 35.1 Å². The van der Waals surface area contributed by atoms with Crippen molar-refractivity contribution in [3.05, 3.63) is 83.9 Å². The second kappa shape index (κ2) is 10.2. The number of ether oxygens (including phenoxy) is 2. The van der Waals surface area contributed by atoms with Crippen LogP contribution in [0, 0.1) is 6.92 Å². The Morgan fingerprint density at radius 3 is 2.25 bits per heavy atom. The molecule has 0 spiro atoms. The van der Waals surface area contributed by atoms with Gasteiger partial charge in [0.05, 0.1) is 19.9 Å². The van der Waals surface area contributed by atoms with Gasteiger partial charge >= 0.3 is 0 Å². The van der Waals surface area contributed by atoms with Gasteiger partial charge in [-0.1, -0.05) is 36.4 Å². The zero-order chi connectivity index (χ0) is 23.1. The van der Waals surface area contributed by atoms with Gasteiger partial charge in [0, 0.05) is 6.54 Å². The van der Waals surface area contributed by atoms with Crippen LogP contribution in [0.15, 0.2) is 77.7 Å². The summed E-state index contributed by atoms with van der Waals surface area (Å²) in [6.07, 6.45) is 0. The summed E-state index contributed by atoms with van der Waals surface area (Å²) in [4.78, 5) is 12.7. The lowest BCUT2D eigenvalue weighted by atomic mass is 10.2. The number of nitrogens with one attached hydrogen (secondary N) is 1. The Hall–Kier alpha value is -3.52. The van der Waals surface area contributed by atoms with Crippen molar-refractivity contribution in [1.29, 1.82) is 0 Å². The zero-order valence-corrected chi connectivity index (χ0v) is 19.1. The Labute approximate surface area is 188 Å². The molecule has 0 atom stereocenters. The highest BCUT2D eigenvalue weighted by molar-refractivity contribution is 7.93. The molecule has 8 heteroatoms. The van der Waals surface area contributed by atoms with Crippen molar-refractivity contribution in [2.75, 3.05) is 25.1 Å². The van der Waals surface area contributed by atoms with Gasteiger partial charge in [-0.15, -0.1) is 0 Å². The smallest absolute Gasteiger partial charge is 0.268 e. The van der Waals surface area contributed by atoms with Gasteiger partial charge in [-0.2, -0.15) is 0 Å². The number of rotatable bonds is 9. The highest BCUT2D eigenvalue weighted by Crippen LogP contribution is 2.31. The first-order valence-corrected chi connectivity index (χ1v) is 11.4. The summed E-state index contributed by atoms with van der Waals surface area (Å²) in [5.41, 5.74) is 2.01. The molecule has 0 saturated carbocycles. The van der Waals surface area contributed by atoms with Crippen molar-refractivity contribution >= 4 is 21.6 Å². The van der Waals surface area contributed by atoms with Crippen LogP contribution in [-0.2, 0) is 21.4 Å². The van der Waals surface area contributed by atoms with E-state index in [0.29, 0.717) is 18.0 Å². The summed E-state index contributed by atoms with van der Waals surface area (Å²) in [7, 11) is -1.17. The number of carbonyl (C=O) groups excluding carboxylic acids is 1. The second-order valence-electron chi connectivity index (χ2n) is 7.13. The molecule has 7 nitrogen and oxygen atoms in total. The predicted molar refractivity (Wildman–Crippen MR) is 124 cm³/mol. The molecule has 0 aliphatic heterocycles. The predicted octanol–water partition coefficient (Wildman–Crippen LogP) is 3.52.